The van der Waals surface area contributed by atoms with Crippen molar-refractivity contribution in [3.8, 4) is 11.3 Å². The predicted octanol–water partition coefficient (Wildman–Crippen LogP) is 2.56. The second-order valence-electron chi connectivity index (χ2n) is 6.00. The molecule has 0 saturated carbocycles. The van der Waals surface area contributed by atoms with Crippen molar-refractivity contribution in [1.82, 2.24) is 9.97 Å². The van der Waals surface area contributed by atoms with Crippen molar-refractivity contribution >= 4 is 21.6 Å². The molecule has 1 fully saturated rings. The summed E-state index contributed by atoms with van der Waals surface area (Å²) in [4.78, 5) is 9.05. The maximum atomic E-state index is 11.6. The minimum atomic E-state index is -2.94. The Labute approximate surface area is 142 Å². The maximum Gasteiger partial charge on any atom is 0.225 e. The molecule has 1 aliphatic heterocycles. The molecule has 0 amide bonds. The third-order valence-corrected chi connectivity index (χ3v) is 5.69. The standard InChI is InChI=1S/C17H22N4O2S/c1-2-9-18-16-11-15(13-6-4-3-5-7-13)20-17(21-16)19-14-8-10-24(22,23)12-14/h3-7,11,14H,2,8-10,12H2,1H3,(H2,18,19,20,21). The maximum absolute atomic E-state index is 11.6. The zero-order valence-corrected chi connectivity index (χ0v) is 14.5. The van der Waals surface area contributed by atoms with E-state index in [0.717, 1.165) is 30.0 Å². The van der Waals surface area contributed by atoms with E-state index in [1.54, 1.807) is 0 Å². The van der Waals surface area contributed by atoms with Gasteiger partial charge in [-0.2, -0.15) is 4.98 Å². The first-order valence-electron chi connectivity index (χ1n) is 8.21. The zero-order valence-electron chi connectivity index (χ0n) is 13.7. The molecule has 0 bridgehead atoms. The van der Waals surface area contributed by atoms with Crippen LogP contribution in [0.3, 0.4) is 0 Å². The Bertz CT molecular complexity index is 793. The van der Waals surface area contributed by atoms with Gasteiger partial charge in [0, 0.05) is 24.2 Å². The molecule has 1 aromatic carbocycles. The third kappa shape index (κ3) is 4.23. The van der Waals surface area contributed by atoms with E-state index in [9.17, 15) is 8.42 Å². The topological polar surface area (TPSA) is 84.0 Å². The quantitative estimate of drug-likeness (QED) is 0.836. The van der Waals surface area contributed by atoms with E-state index in [1.807, 2.05) is 36.4 Å². The molecule has 128 valence electrons. The van der Waals surface area contributed by atoms with Crippen LogP contribution in [0.25, 0.3) is 11.3 Å². The van der Waals surface area contributed by atoms with E-state index in [4.69, 9.17) is 0 Å². The van der Waals surface area contributed by atoms with Crippen molar-refractivity contribution in [3.63, 3.8) is 0 Å². The van der Waals surface area contributed by atoms with Gasteiger partial charge in [0.25, 0.3) is 0 Å². The fourth-order valence-electron chi connectivity index (χ4n) is 2.70. The summed E-state index contributed by atoms with van der Waals surface area (Å²) in [6.07, 6.45) is 1.59. The van der Waals surface area contributed by atoms with Crippen LogP contribution < -0.4 is 10.6 Å². The van der Waals surface area contributed by atoms with Crippen molar-refractivity contribution in [2.24, 2.45) is 0 Å². The van der Waals surface area contributed by atoms with Gasteiger partial charge in [-0.25, -0.2) is 13.4 Å². The first-order chi connectivity index (χ1) is 11.6. The summed E-state index contributed by atoms with van der Waals surface area (Å²) >= 11 is 0. The number of hydrogen-bond acceptors (Lipinski definition) is 6. The number of rotatable bonds is 6. The lowest BCUT2D eigenvalue weighted by Gasteiger charge is -2.14. The molecule has 1 unspecified atom stereocenters. The fraction of sp³-hybridized carbons (Fsp3) is 0.412. The number of nitrogens with one attached hydrogen (secondary N) is 2. The monoisotopic (exact) mass is 346 g/mol. The largest absolute Gasteiger partial charge is 0.370 e. The molecule has 1 aromatic heterocycles. The fourth-order valence-corrected chi connectivity index (χ4v) is 4.38. The predicted molar refractivity (Wildman–Crippen MR) is 96.9 cm³/mol. The number of sulfone groups is 1. The van der Waals surface area contributed by atoms with Crippen LogP contribution in [0.15, 0.2) is 36.4 Å². The molecule has 1 saturated heterocycles. The van der Waals surface area contributed by atoms with E-state index < -0.39 is 9.84 Å². The molecule has 2 aromatic rings. The normalized spacial score (nSPS) is 19.1. The average Bonchev–Trinajstić information content (AvgIpc) is 2.92. The highest BCUT2D eigenvalue weighted by molar-refractivity contribution is 7.91. The molecular formula is C17H22N4O2S. The van der Waals surface area contributed by atoms with Crippen LogP contribution >= 0.6 is 0 Å². The SMILES string of the molecule is CCCNc1cc(-c2ccccc2)nc(NC2CCS(=O)(=O)C2)n1. The van der Waals surface area contributed by atoms with E-state index in [1.165, 1.54) is 0 Å². The third-order valence-electron chi connectivity index (χ3n) is 3.92. The van der Waals surface area contributed by atoms with E-state index in [0.29, 0.717) is 12.4 Å². The smallest absolute Gasteiger partial charge is 0.225 e. The van der Waals surface area contributed by atoms with E-state index >= 15 is 0 Å². The molecule has 7 heteroatoms. The summed E-state index contributed by atoms with van der Waals surface area (Å²) in [5.41, 5.74) is 1.81. The Morgan fingerprint density at radius 1 is 1.21 bits per heavy atom. The summed E-state index contributed by atoms with van der Waals surface area (Å²) in [7, 11) is -2.94. The molecule has 0 aliphatic carbocycles. The Morgan fingerprint density at radius 3 is 2.67 bits per heavy atom. The van der Waals surface area contributed by atoms with Gasteiger partial charge in [-0.15, -0.1) is 0 Å². The first-order valence-corrected chi connectivity index (χ1v) is 10.0. The Morgan fingerprint density at radius 2 is 2.00 bits per heavy atom. The summed E-state index contributed by atoms with van der Waals surface area (Å²) in [6, 6.07) is 11.7. The summed E-state index contributed by atoms with van der Waals surface area (Å²) in [5, 5.41) is 6.46. The minimum absolute atomic E-state index is 0.125. The van der Waals surface area contributed by atoms with Crippen LogP contribution in [-0.2, 0) is 9.84 Å². The molecule has 2 N–H and O–H groups in total. The molecule has 1 atom stereocenters. The van der Waals surface area contributed by atoms with Gasteiger partial charge in [-0.3, -0.25) is 0 Å². The number of nitrogens with zero attached hydrogens (tertiary/aromatic N) is 2. The van der Waals surface area contributed by atoms with Crippen LogP contribution in [0, 0.1) is 0 Å². The number of hydrogen-bond donors (Lipinski definition) is 2. The summed E-state index contributed by atoms with van der Waals surface area (Å²) in [6.45, 7) is 2.91. The lowest BCUT2D eigenvalue weighted by Crippen LogP contribution is -2.22. The van der Waals surface area contributed by atoms with Crippen molar-refractivity contribution in [3.05, 3.63) is 36.4 Å². The molecule has 0 radical (unpaired) electrons. The Hall–Kier alpha value is -2.15. The van der Waals surface area contributed by atoms with Crippen LogP contribution in [0.1, 0.15) is 19.8 Å². The second-order valence-corrected chi connectivity index (χ2v) is 8.23. The van der Waals surface area contributed by atoms with Gasteiger partial charge < -0.3 is 10.6 Å². The minimum Gasteiger partial charge on any atom is -0.370 e. The lowest BCUT2D eigenvalue weighted by molar-refractivity contribution is 0.602. The molecular weight excluding hydrogens is 324 g/mol. The van der Waals surface area contributed by atoms with Gasteiger partial charge in [-0.1, -0.05) is 37.3 Å². The number of anilines is 2. The van der Waals surface area contributed by atoms with Gasteiger partial charge in [0.2, 0.25) is 5.95 Å². The second kappa shape index (κ2) is 7.17. The van der Waals surface area contributed by atoms with Gasteiger partial charge >= 0.3 is 0 Å². The Kier molecular flexibility index (Phi) is 4.99. The molecule has 0 spiro atoms. The summed E-state index contributed by atoms with van der Waals surface area (Å²) < 4.78 is 23.3. The molecule has 24 heavy (non-hydrogen) atoms. The molecule has 6 nitrogen and oxygen atoms in total. The van der Waals surface area contributed by atoms with E-state index in [-0.39, 0.29) is 17.5 Å². The Balaban J connectivity index is 1.87. The molecule has 3 rings (SSSR count). The van der Waals surface area contributed by atoms with Gasteiger partial charge in [-0.05, 0) is 12.8 Å². The van der Waals surface area contributed by atoms with Crippen LogP contribution in [0.2, 0.25) is 0 Å². The molecule has 2 heterocycles. The van der Waals surface area contributed by atoms with Gasteiger partial charge in [0.05, 0.1) is 17.2 Å². The number of benzene rings is 1. The van der Waals surface area contributed by atoms with Crippen molar-refractivity contribution in [2.45, 2.75) is 25.8 Å². The summed E-state index contributed by atoms with van der Waals surface area (Å²) in [5.74, 6) is 1.58. The van der Waals surface area contributed by atoms with Gasteiger partial charge in [0.1, 0.15) is 5.82 Å². The molecule has 1 aliphatic rings. The van der Waals surface area contributed by atoms with Crippen molar-refractivity contribution in [1.29, 1.82) is 0 Å². The van der Waals surface area contributed by atoms with Crippen LogP contribution in [0.5, 0.6) is 0 Å². The van der Waals surface area contributed by atoms with Crippen LogP contribution in [0.4, 0.5) is 11.8 Å². The highest BCUT2D eigenvalue weighted by atomic mass is 32.2. The van der Waals surface area contributed by atoms with Crippen molar-refractivity contribution < 1.29 is 8.42 Å². The van der Waals surface area contributed by atoms with E-state index in [2.05, 4.69) is 27.5 Å². The first kappa shape index (κ1) is 16.7. The number of aromatic nitrogens is 2. The highest BCUT2D eigenvalue weighted by Gasteiger charge is 2.28. The van der Waals surface area contributed by atoms with Crippen LogP contribution in [-0.4, -0.2) is 42.5 Å². The van der Waals surface area contributed by atoms with Crippen molar-refractivity contribution in [2.75, 3.05) is 28.7 Å². The average molecular weight is 346 g/mol. The zero-order chi connectivity index (χ0) is 17.0. The van der Waals surface area contributed by atoms with Gasteiger partial charge in [0.15, 0.2) is 9.84 Å². The highest BCUT2D eigenvalue weighted by Crippen LogP contribution is 2.23. The lowest BCUT2D eigenvalue weighted by atomic mass is 10.1.